The summed E-state index contributed by atoms with van der Waals surface area (Å²) < 4.78 is 20.5. The lowest BCUT2D eigenvalue weighted by molar-refractivity contribution is -0.151. The van der Waals surface area contributed by atoms with Crippen LogP contribution in [0.4, 0.5) is 5.69 Å². The highest BCUT2D eigenvalue weighted by Crippen LogP contribution is 2.28. The minimum atomic E-state index is -0.851. The molecule has 2 N–H and O–H groups in total. The number of halogens is 1. The van der Waals surface area contributed by atoms with Gasteiger partial charge in [-0.25, -0.2) is 0 Å². The Morgan fingerprint density at radius 3 is 2.34 bits per heavy atom. The predicted octanol–water partition coefficient (Wildman–Crippen LogP) is 2.04. The van der Waals surface area contributed by atoms with Crippen LogP contribution in [0.3, 0.4) is 0 Å². The summed E-state index contributed by atoms with van der Waals surface area (Å²) in [5.74, 6) is -2.07. The zero-order valence-electron chi connectivity index (χ0n) is 19.3. The van der Waals surface area contributed by atoms with E-state index in [-0.39, 0.29) is 18.5 Å². The van der Waals surface area contributed by atoms with Crippen molar-refractivity contribution in [1.29, 1.82) is 0 Å². The standard InChI is InChI=1S/C23H24ClN3O8/c1-32-16-6-13(7-17(10-16)33-2)22(30)26-27-11-14(8-21(27)29)23(31)35-12-20(28)25-18-9-15(24)4-5-19(18)34-3/h4-7,9-10,14H,8,11-12H2,1-3H3,(H,25,28)(H,26,30)/t14-/m0/s1. The van der Waals surface area contributed by atoms with Crippen LogP contribution < -0.4 is 25.0 Å². The molecule has 1 fully saturated rings. The third-order valence-electron chi connectivity index (χ3n) is 5.09. The molecule has 0 unspecified atom stereocenters. The van der Waals surface area contributed by atoms with E-state index >= 15 is 0 Å². The first-order chi connectivity index (χ1) is 16.7. The highest BCUT2D eigenvalue weighted by molar-refractivity contribution is 6.31. The number of esters is 1. The summed E-state index contributed by atoms with van der Waals surface area (Å²) in [4.78, 5) is 49.6. The lowest BCUT2D eigenvalue weighted by Crippen LogP contribution is -2.43. The second-order valence-corrected chi connectivity index (χ2v) is 7.88. The van der Waals surface area contributed by atoms with Gasteiger partial charge in [-0.2, -0.15) is 0 Å². The van der Waals surface area contributed by atoms with Crippen molar-refractivity contribution in [2.45, 2.75) is 6.42 Å². The van der Waals surface area contributed by atoms with E-state index in [2.05, 4.69) is 10.7 Å². The maximum absolute atomic E-state index is 12.6. The number of amides is 3. The molecule has 3 rings (SSSR count). The minimum Gasteiger partial charge on any atom is -0.497 e. The number of nitrogens with zero attached hydrogens (tertiary/aromatic N) is 1. The van der Waals surface area contributed by atoms with Crippen molar-refractivity contribution >= 4 is 41.0 Å². The number of anilines is 1. The van der Waals surface area contributed by atoms with Crippen molar-refractivity contribution < 1.29 is 38.1 Å². The van der Waals surface area contributed by atoms with Gasteiger partial charge in [0, 0.05) is 23.1 Å². The van der Waals surface area contributed by atoms with Gasteiger partial charge in [0.1, 0.15) is 17.2 Å². The number of benzene rings is 2. The van der Waals surface area contributed by atoms with Crippen LogP contribution in [0.25, 0.3) is 0 Å². The molecule has 0 saturated carbocycles. The fourth-order valence-electron chi connectivity index (χ4n) is 3.32. The third kappa shape index (κ3) is 6.54. The van der Waals surface area contributed by atoms with Gasteiger partial charge in [0.2, 0.25) is 5.91 Å². The topological polar surface area (TPSA) is 133 Å². The summed E-state index contributed by atoms with van der Waals surface area (Å²) in [5.41, 5.74) is 2.99. The fraction of sp³-hybridized carbons (Fsp3) is 0.304. The number of hydrazine groups is 1. The van der Waals surface area contributed by atoms with E-state index < -0.39 is 36.2 Å². The van der Waals surface area contributed by atoms with E-state index in [1.807, 2.05) is 0 Å². The van der Waals surface area contributed by atoms with Gasteiger partial charge in [-0.05, 0) is 30.3 Å². The lowest BCUT2D eigenvalue weighted by Gasteiger charge is -2.18. The van der Waals surface area contributed by atoms with Crippen LogP contribution in [-0.4, -0.2) is 63.2 Å². The highest BCUT2D eigenvalue weighted by atomic mass is 35.5. The van der Waals surface area contributed by atoms with Crippen molar-refractivity contribution in [2.75, 3.05) is 39.8 Å². The molecule has 0 bridgehead atoms. The molecular formula is C23H24ClN3O8. The average Bonchev–Trinajstić information content (AvgIpc) is 3.22. The summed E-state index contributed by atoms with van der Waals surface area (Å²) in [6.45, 7) is -0.677. The Morgan fingerprint density at radius 2 is 1.71 bits per heavy atom. The maximum atomic E-state index is 12.6. The van der Waals surface area contributed by atoms with E-state index in [1.165, 1.54) is 39.5 Å². The lowest BCUT2D eigenvalue weighted by atomic mass is 10.1. The maximum Gasteiger partial charge on any atom is 0.311 e. The first-order valence-electron chi connectivity index (χ1n) is 10.4. The Labute approximate surface area is 206 Å². The molecule has 0 aliphatic carbocycles. The predicted molar refractivity (Wildman–Crippen MR) is 124 cm³/mol. The number of rotatable bonds is 9. The van der Waals surface area contributed by atoms with Gasteiger partial charge in [-0.1, -0.05) is 11.6 Å². The number of carbonyl (C=O) groups excluding carboxylic acids is 4. The zero-order chi connectivity index (χ0) is 25.5. The molecule has 1 aliphatic rings. The second kappa shape index (κ2) is 11.4. The van der Waals surface area contributed by atoms with E-state index in [0.717, 1.165) is 5.01 Å². The smallest absolute Gasteiger partial charge is 0.311 e. The molecule has 1 saturated heterocycles. The van der Waals surface area contributed by atoms with Crippen LogP contribution in [0.2, 0.25) is 5.02 Å². The van der Waals surface area contributed by atoms with E-state index in [9.17, 15) is 19.2 Å². The molecule has 35 heavy (non-hydrogen) atoms. The molecule has 0 aromatic heterocycles. The second-order valence-electron chi connectivity index (χ2n) is 7.45. The zero-order valence-corrected chi connectivity index (χ0v) is 20.0. The SMILES string of the molecule is COc1cc(OC)cc(C(=O)NN2C[C@@H](C(=O)OCC(=O)Nc3cc(Cl)ccc3OC)CC2=O)c1. The summed E-state index contributed by atoms with van der Waals surface area (Å²) in [6, 6.07) is 9.24. The monoisotopic (exact) mass is 505 g/mol. The van der Waals surface area contributed by atoms with Crippen molar-refractivity contribution in [2.24, 2.45) is 5.92 Å². The fourth-order valence-corrected chi connectivity index (χ4v) is 3.49. The van der Waals surface area contributed by atoms with E-state index in [0.29, 0.717) is 28.0 Å². The number of nitrogens with one attached hydrogen (secondary N) is 2. The van der Waals surface area contributed by atoms with E-state index in [4.69, 9.17) is 30.5 Å². The molecule has 3 amide bonds. The Balaban J connectivity index is 1.54. The van der Waals surface area contributed by atoms with Crippen LogP contribution in [0.1, 0.15) is 16.8 Å². The number of hydrogen-bond donors (Lipinski definition) is 2. The molecule has 2 aromatic rings. The number of methoxy groups -OCH3 is 3. The Hall–Kier alpha value is -3.99. The van der Waals surface area contributed by atoms with E-state index in [1.54, 1.807) is 18.2 Å². The van der Waals surface area contributed by atoms with Crippen molar-refractivity contribution in [3.63, 3.8) is 0 Å². The van der Waals surface area contributed by atoms with Gasteiger partial charge in [-0.3, -0.25) is 29.6 Å². The van der Waals surface area contributed by atoms with Gasteiger partial charge >= 0.3 is 5.97 Å². The Bertz CT molecular complexity index is 1120. The molecule has 2 aromatic carbocycles. The number of hydrogen-bond acceptors (Lipinski definition) is 8. The van der Waals surface area contributed by atoms with Crippen LogP contribution >= 0.6 is 11.6 Å². The highest BCUT2D eigenvalue weighted by Gasteiger charge is 2.37. The average molecular weight is 506 g/mol. The first-order valence-corrected chi connectivity index (χ1v) is 10.8. The van der Waals surface area contributed by atoms with Crippen LogP contribution in [0, 0.1) is 5.92 Å². The van der Waals surface area contributed by atoms with Crippen LogP contribution in [0.15, 0.2) is 36.4 Å². The summed E-state index contributed by atoms with van der Waals surface area (Å²) in [5, 5.41) is 3.97. The van der Waals surface area contributed by atoms with Gasteiger partial charge in [-0.15, -0.1) is 0 Å². The van der Waals surface area contributed by atoms with Gasteiger partial charge in [0.05, 0.1) is 39.5 Å². The molecule has 12 heteroatoms. The Morgan fingerprint density at radius 1 is 1.03 bits per heavy atom. The van der Waals surface area contributed by atoms with Gasteiger partial charge in [0.15, 0.2) is 6.61 Å². The van der Waals surface area contributed by atoms with Crippen LogP contribution in [0.5, 0.6) is 17.2 Å². The molecule has 0 radical (unpaired) electrons. The Kier molecular flexibility index (Phi) is 8.37. The van der Waals surface area contributed by atoms with Gasteiger partial charge < -0.3 is 24.3 Å². The normalized spacial score (nSPS) is 14.8. The number of ether oxygens (including phenoxy) is 4. The molecule has 1 aliphatic heterocycles. The largest absolute Gasteiger partial charge is 0.497 e. The summed E-state index contributed by atoms with van der Waals surface area (Å²) in [6.07, 6.45) is -0.176. The minimum absolute atomic E-state index is 0.103. The molecule has 0 spiro atoms. The first kappa shape index (κ1) is 25.6. The summed E-state index contributed by atoms with van der Waals surface area (Å²) in [7, 11) is 4.33. The number of carbonyl (C=O) groups is 4. The molecule has 11 nitrogen and oxygen atoms in total. The third-order valence-corrected chi connectivity index (χ3v) is 5.32. The molecule has 186 valence electrons. The van der Waals surface area contributed by atoms with Gasteiger partial charge in [0.25, 0.3) is 11.8 Å². The van der Waals surface area contributed by atoms with Crippen molar-refractivity contribution in [3.8, 4) is 17.2 Å². The van der Waals surface area contributed by atoms with Crippen molar-refractivity contribution in [3.05, 3.63) is 47.0 Å². The molecule has 1 heterocycles. The molecular weight excluding hydrogens is 482 g/mol. The van der Waals surface area contributed by atoms with Crippen molar-refractivity contribution in [1.82, 2.24) is 10.4 Å². The van der Waals surface area contributed by atoms with Crippen LogP contribution in [-0.2, 0) is 19.1 Å². The summed E-state index contributed by atoms with van der Waals surface area (Å²) >= 11 is 5.93. The molecule has 1 atom stereocenters. The quantitative estimate of drug-likeness (QED) is 0.495.